The first-order valence-corrected chi connectivity index (χ1v) is 18.1. The van der Waals surface area contributed by atoms with Crippen molar-refractivity contribution in [2.75, 3.05) is 25.4 Å². The number of rotatable bonds is 8. The molecule has 4 heterocycles. The number of nitrogens with zero attached hydrogens (tertiary/aromatic N) is 3. The maximum atomic E-state index is 13.8. The average molecular weight is 657 g/mol. The highest BCUT2D eigenvalue weighted by molar-refractivity contribution is 8.00. The number of likely N-dealkylation sites (tertiary alicyclic amines) is 1. The van der Waals surface area contributed by atoms with Crippen molar-refractivity contribution in [1.82, 2.24) is 19.8 Å². The molecule has 10 atom stereocenters. The Hall–Kier alpha value is -1.27. The van der Waals surface area contributed by atoms with Crippen molar-refractivity contribution in [3.05, 3.63) is 27.4 Å². The van der Waals surface area contributed by atoms with E-state index in [1.54, 1.807) is 16.3 Å². The molecular weight excluding hydrogens is 610 g/mol. The largest absolute Gasteiger partial charge is 0.481 e. The molecule has 3 saturated heterocycles. The van der Waals surface area contributed by atoms with Gasteiger partial charge in [0.2, 0.25) is 6.43 Å². The van der Waals surface area contributed by atoms with Gasteiger partial charge in [0.25, 0.3) is 5.56 Å². The number of ether oxygens (including phenoxy) is 1. The second-order valence-corrected chi connectivity index (χ2v) is 15.7. The Balaban J connectivity index is 1.13. The van der Waals surface area contributed by atoms with Crippen LogP contribution >= 0.6 is 23.4 Å². The fourth-order valence-electron chi connectivity index (χ4n) is 8.87. The molecule has 8 unspecified atom stereocenters. The number of aliphatic carboxylic acids is 1. The molecule has 5 aliphatic rings. The fraction of sp³-hybridized carbons (Fsp3) is 0.844. The number of halogens is 3. The number of aryl methyl sites for hydroxylation is 2. The van der Waals surface area contributed by atoms with Gasteiger partial charge in [-0.15, -0.1) is 11.6 Å². The van der Waals surface area contributed by atoms with Crippen molar-refractivity contribution >= 4 is 29.3 Å². The maximum Gasteiger partial charge on any atom is 0.308 e. The maximum absolute atomic E-state index is 13.8. The summed E-state index contributed by atoms with van der Waals surface area (Å²) in [5, 5.41) is 13.7. The Kier molecular flexibility index (Phi) is 10.3. The summed E-state index contributed by atoms with van der Waals surface area (Å²) in [7, 11) is 0. The van der Waals surface area contributed by atoms with E-state index in [2.05, 4.69) is 17.1 Å². The lowest BCUT2D eigenvalue weighted by atomic mass is 9.70. The molecule has 2 aliphatic carbocycles. The van der Waals surface area contributed by atoms with Crippen molar-refractivity contribution < 1.29 is 23.4 Å². The number of carboxylic acids is 1. The van der Waals surface area contributed by atoms with E-state index in [1.807, 2.05) is 6.92 Å². The Labute approximate surface area is 268 Å². The van der Waals surface area contributed by atoms with Crippen LogP contribution in [0, 0.1) is 30.6 Å². The van der Waals surface area contributed by atoms with Gasteiger partial charge in [-0.1, -0.05) is 0 Å². The number of alkyl halides is 3. The summed E-state index contributed by atoms with van der Waals surface area (Å²) in [5.74, 6) is 0.186. The van der Waals surface area contributed by atoms with Crippen molar-refractivity contribution in [1.29, 1.82) is 0 Å². The SMILES string of the molecule is Cc1nc2c(c(=O)n1CCOC1CCC(Cl)CC1C1CC(C)NC3C(C(=O)O)CSC13)C[C@H](N1CCC[C@H](C(F)F)C1)CC2. The van der Waals surface area contributed by atoms with E-state index >= 15 is 0 Å². The third-order valence-electron chi connectivity index (χ3n) is 11.1. The van der Waals surface area contributed by atoms with E-state index in [9.17, 15) is 23.5 Å². The lowest BCUT2D eigenvalue weighted by Gasteiger charge is -2.47. The van der Waals surface area contributed by atoms with Crippen LogP contribution in [-0.2, 0) is 28.9 Å². The van der Waals surface area contributed by atoms with Crippen molar-refractivity contribution in [3.63, 3.8) is 0 Å². The third-order valence-corrected chi connectivity index (χ3v) is 13.1. The van der Waals surface area contributed by atoms with Crippen LogP contribution in [0.25, 0.3) is 0 Å². The van der Waals surface area contributed by atoms with Gasteiger partial charge in [0.05, 0.1) is 30.9 Å². The highest BCUT2D eigenvalue weighted by Gasteiger charge is 2.51. The first kappa shape index (κ1) is 32.7. The van der Waals surface area contributed by atoms with E-state index in [1.165, 1.54) is 0 Å². The monoisotopic (exact) mass is 656 g/mol. The first-order valence-electron chi connectivity index (χ1n) is 16.6. The van der Waals surface area contributed by atoms with Gasteiger partial charge in [-0.05, 0) is 90.0 Å². The van der Waals surface area contributed by atoms with E-state index in [4.69, 9.17) is 21.3 Å². The van der Waals surface area contributed by atoms with E-state index in [0.29, 0.717) is 56.5 Å². The minimum Gasteiger partial charge on any atom is -0.481 e. The predicted molar refractivity (Wildman–Crippen MR) is 168 cm³/mol. The molecule has 8 nitrogen and oxygen atoms in total. The standard InChI is InChI=1S/C32H47ClF2N4O4S/c1-17-12-23(29-28(36-17)25(16-44-29)32(41)42)22-13-20(33)5-8-27(22)43-11-10-39-18(2)37-26-7-6-21(14-24(26)31(39)40)38-9-3-4-19(15-38)30(34)35/h17,19-23,25,27-30,36H,3-16H2,1-2H3,(H,41,42)/t17?,19-,20?,21+,22?,23?,25?,27?,28?,29?/m0/s1. The van der Waals surface area contributed by atoms with Gasteiger partial charge in [-0.3, -0.25) is 19.1 Å². The minimum absolute atomic E-state index is 0.0123. The molecule has 1 aromatic rings. The Morgan fingerprint density at radius 3 is 2.82 bits per heavy atom. The lowest BCUT2D eigenvalue weighted by molar-refractivity contribution is -0.142. The van der Waals surface area contributed by atoms with Crippen LogP contribution in [0.2, 0.25) is 0 Å². The molecule has 246 valence electrons. The molecule has 6 rings (SSSR count). The molecule has 4 fully saturated rings. The molecule has 0 aromatic carbocycles. The van der Waals surface area contributed by atoms with Gasteiger partial charge in [-0.2, -0.15) is 11.8 Å². The van der Waals surface area contributed by atoms with Crippen LogP contribution in [0.4, 0.5) is 8.78 Å². The molecule has 0 spiro atoms. The summed E-state index contributed by atoms with van der Waals surface area (Å²) in [6.07, 6.45) is 4.72. The molecule has 12 heteroatoms. The molecular formula is C32H47ClF2N4O4S. The summed E-state index contributed by atoms with van der Waals surface area (Å²) in [6.45, 7) is 6.03. The number of hydrogen-bond acceptors (Lipinski definition) is 7. The Morgan fingerprint density at radius 2 is 2.05 bits per heavy atom. The number of fused-ring (bicyclic) bond motifs is 2. The Bertz CT molecular complexity index is 1260. The van der Waals surface area contributed by atoms with Crippen LogP contribution < -0.4 is 10.9 Å². The first-order chi connectivity index (χ1) is 21.1. The third kappa shape index (κ3) is 6.73. The van der Waals surface area contributed by atoms with Crippen LogP contribution in [0.3, 0.4) is 0 Å². The normalized spacial score (nSPS) is 38.0. The van der Waals surface area contributed by atoms with Crippen LogP contribution in [0.1, 0.15) is 69.0 Å². The number of thioether (sulfide) groups is 1. The molecule has 44 heavy (non-hydrogen) atoms. The number of carbonyl (C=O) groups is 1. The molecule has 1 aromatic heterocycles. The average Bonchev–Trinajstić information content (AvgIpc) is 3.43. The zero-order valence-electron chi connectivity index (χ0n) is 25.8. The second-order valence-electron chi connectivity index (χ2n) is 13.9. The van der Waals surface area contributed by atoms with Crippen LogP contribution in [-0.4, -0.2) is 92.3 Å². The summed E-state index contributed by atoms with van der Waals surface area (Å²) in [4.78, 5) is 32.7. The summed E-state index contributed by atoms with van der Waals surface area (Å²) in [5.41, 5.74) is 1.56. The van der Waals surface area contributed by atoms with Gasteiger partial charge in [-0.25, -0.2) is 13.8 Å². The number of carboxylic acid groups (broad SMARTS) is 1. The van der Waals surface area contributed by atoms with E-state index < -0.39 is 18.3 Å². The lowest BCUT2D eigenvalue weighted by Crippen LogP contribution is -2.57. The molecule has 0 amide bonds. The zero-order chi connectivity index (χ0) is 31.1. The van der Waals surface area contributed by atoms with Gasteiger partial charge < -0.3 is 15.2 Å². The van der Waals surface area contributed by atoms with E-state index in [-0.39, 0.29) is 52.3 Å². The summed E-state index contributed by atoms with van der Waals surface area (Å²) >= 11 is 8.50. The van der Waals surface area contributed by atoms with Crippen molar-refractivity contribution in [2.45, 2.75) is 119 Å². The highest BCUT2D eigenvalue weighted by atomic mass is 35.5. The van der Waals surface area contributed by atoms with Crippen molar-refractivity contribution in [3.8, 4) is 0 Å². The molecule has 0 radical (unpaired) electrons. The topological polar surface area (TPSA) is 96.7 Å². The van der Waals surface area contributed by atoms with Crippen LogP contribution in [0.15, 0.2) is 4.79 Å². The molecule has 2 N–H and O–H groups in total. The smallest absolute Gasteiger partial charge is 0.308 e. The predicted octanol–water partition coefficient (Wildman–Crippen LogP) is 4.36. The zero-order valence-corrected chi connectivity index (χ0v) is 27.4. The van der Waals surface area contributed by atoms with Gasteiger partial charge >= 0.3 is 5.97 Å². The van der Waals surface area contributed by atoms with Gasteiger partial charge in [0.1, 0.15) is 5.82 Å². The second kappa shape index (κ2) is 13.8. The number of nitrogens with one attached hydrogen (secondary N) is 1. The number of aromatic nitrogens is 2. The molecule has 1 saturated carbocycles. The van der Waals surface area contributed by atoms with Crippen molar-refractivity contribution in [2.24, 2.45) is 23.7 Å². The van der Waals surface area contributed by atoms with E-state index in [0.717, 1.165) is 56.3 Å². The summed E-state index contributed by atoms with van der Waals surface area (Å²) < 4.78 is 35.2. The minimum atomic E-state index is -2.30. The highest BCUT2D eigenvalue weighted by Crippen LogP contribution is 2.48. The Morgan fingerprint density at radius 1 is 1.23 bits per heavy atom. The van der Waals surface area contributed by atoms with Crippen LogP contribution in [0.5, 0.6) is 0 Å². The molecule has 3 aliphatic heterocycles. The van der Waals surface area contributed by atoms with Gasteiger partial charge in [0, 0.05) is 52.5 Å². The quantitative estimate of drug-likeness (QED) is 0.399. The number of hydrogen-bond donors (Lipinski definition) is 2. The van der Waals surface area contributed by atoms with Gasteiger partial charge in [0.15, 0.2) is 0 Å². The summed E-state index contributed by atoms with van der Waals surface area (Å²) in [6, 6.07) is 0.291. The molecule has 0 bridgehead atoms. The fourth-order valence-corrected chi connectivity index (χ4v) is 11.0. The number of piperidine rings is 2.